The molecule has 0 saturated carbocycles. The third kappa shape index (κ3) is 3.03. The SMILES string of the molecule is CC1CN(Cc2ccc(C(C)C)cc2)c2cc(N)ccc2O1. The van der Waals surface area contributed by atoms with E-state index in [9.17, 15) is 0 Å². The molecule has 1 aliphatic rings. The average molecular weight is 296 g/mol. The van der Waals surface area contributed by atoms with E-state index in [4.69, 9.17) is 10.5 Å². The number of hydrogen-bond donors (Lipinski definition) is 1. The van der Waals surface area contributed by atoms with Crippen LogP contribution in [0.1, 0.15) is 37.8 Å². The molecule has 0 aromatic heterocycles. The van der Waals surface area contributed by atoms with Crippen LogP contribution in [0.3, 0.4) is 0 Å². The number of anilines is 2. The first-order chi connectivity index (χ1) is 10.5. The van der Waals surface area contributed by atoms with E-state index in [1.54, 1.807) is 0 Å². The molecule has 1 unspecified atom stereocenters. The van der Waals surface area contributed by atoms with Crippen LogP contribution in [0, 0.1) is 0 Å². The molecule has 1 heterocycles. The van der Waals surface area contributed by atoms with Crippen molar-refractivity contribution in [2.45, 2.75) is 39.3 Å². The molecule has 2 N–H and O–H groups in total. The van der Waals surface area contributed by atoms with Gasteiger partial charge in [-0.05, 0) is 42.2 Å². The lowest BCUT2D eigenvalue weighted by atomic mass is 10.0. The maximum atomic E-state index is 5.94. The molecule has 2 aromatic carbocycles. The molecule has 22 heavy (non-hydrogen) atoms. The van der Waals surface area contributed by atoms with Gasteiger partial charge in [0.15, 0.2) is 0 Å². The quantitative estimate of drug-likeness (QED) is 0.864. The van der Waals surface area contributed by atoms with Gasteiger partial charge in [-0.3, -0.25) is 0 Å². The van der Waals surface area contributed by atoms with Gasteiger partial charge in [0.2, 0.25) is 0 Å². The summed E-state index contributed by atoms with van der Waals surface area (Å²) < 4.78 is 5.91. The first kappa shape index (κ1) is 14.8. The van der Waals surface area contributed by atoms with Crippen molar-refractivity contribution in [3.8, 4) is 5.75 Å². The summed E-state index contributed by atoms with van der Waals surface area (Å²) in [6.07, 6.45) is 0.186. The topological polar surface area (TPSA) is 38.5 Å². The monoisotopic (exact) mass is 296 g/mol. The van der Waals surface area contributed by atoms with Crippen molar-refractivity contribution in [1.82, 2.24) is 0 Å². The number of benzene rings is 2. The Morgan fingerprint density at radius 2 is 1.91 bits per heavy atom. The Bertz CT molecular complexity index is 649. The molecular formula is C19H24N2O. The number of nitrogens with two attached hydrogens (primary N) is 1. The second-order valence-corrected chi connectivity index (χ2v) is 6.43. The molecule has 0 aliphatic carbocycles. The molecule has 0 amide bonds. The number of rotatable bonds is 3. The maximum Gasteiger partial charge on any atom is 0.143 e. The molecule has 1 atom stereocenters. The highest BCUT2D eigenvalue weighted by molar-refractivity contribution is 5.66. The van der Waals surface area contributed by atoms with Crippen LogP contribution in [0.5, 0.6) is 5.75 Å². The average Bonchev–Trinajstić information content (AvgIpc) is 2.48. The highest BCUT2D eigenvalue weighted by atomic mass is 16.5. The van der Waals surface area contributed by atoms with Gasteiger partial charge in [-0.15, -0.1) is 0 Å². The van der Waals surface area contributed by atoms with Crippen molar-refractivity contribution >= 4 is 11.4 Å². The minimum Gasteiger partial charge on any atom is -0.487 e. The molecule has 2 aromatic rings. The van der Waals surface area contributed by atoms with Crippen molar-refractivity contribution in [2.75, 3.05) is 17.2 Å². The Morgan fingerprint density at radius 1 is 1.18 bits per heavy atom. The maximum absolute atomic E-state index is 5.94. The number of nitrogen functional groups attached to an aromatic ring is 1. The van der Waals surface area contributed by atoms with Crippen LogP contribution >= 0.6 is 0 Å². The second-order valence-electron chi connectivity index (χ2n) is 6.43. The summed E-state index contributed by atoms with van der Waals surface area (Å²) in [4.78, 5) is 2.35. The van der Waals surface area contributed by atoms with Crippen molar-refractivity contribution in [2.24, 2.45) is 0 Å². The lowest BCUT2D eigenvalue weighted by molar-refractivity contribution is 0.212. The molecular weight excluding hydrogens is 272 g/mol. The number of ether oxygens (including phenoxy) is 1. The summed E-state index contributed by atoms with van der Waals surface area (Å²) in [5, 5.41) is 0. The fraction of sp³-hybridized carbons (Fsp3) is 0.368. The standard InChI is InChI=1S/C19H24N2O/c1-13(2)16-6-4-15(5-7-16)12-21-11-14(3)22-19-9-8-17(20)10-18(19)21/h4-10,13-14H,11-12,20H2,1-3H3. The molecule has 3 heteroatoms. The molecule has 3 rings (SSSR count). The van der Waals surface area contributed by atoms with Crippen LogP contribution in [0.15, 0.2) is 42.5 Å². The van der Waals surface area contributed by atoms with Crippen LogP contribution in [-0.2, 0) is 6.54 Å². The van der Waals surface area contributed by atoms with Gasteiger partial charge in [-0.2, -0.15) is 0 Å². The third-order valence-electron chi connectivity index (χ3n) is 4.15. The summed E-state index contributed by atoms with van der Waals surface area (Å²) in [6.45, 7) is 8.30. The molecule has 0 fully saturated rings. The Hall–Kier alpha value is -2.16. The van der Waals surface area contributed by atoms with Gasteiger partial charge >= 0.3 is 0 Å². The Labute approximate surface area is 132 Å². The summed E-state index contributed by atoms with van der Waals surface area (Å²) in [6, 6.07) is 14.8. The van der Waals surface area contributed by atoms with Gasteiger partial charge in [-0.1, -0.05) is 38.1 Å². The fourth-order valence-electron chi connectivity index (χ4n) is 2.92. The Morgan fingerprint density at radius 3 is 2.59 bits per heavy atom. The zero-order valence-electron chi connectivity index (χ0n) is 13.5. The number of hydrogen-bond acceptors (Lipinski definition) is 3. The first-order valence-corrected chi connectivity index (χ1v) is 7.93. The normalized spacial score (nSPS) is 17.3. The second kappa shape index (κ2) is 5.91. The van der Waals surface area contributed by atoms with Crippen LogP contribution < -0.4 is 15.4 Å². The van der Waals surface area contributed by atoms with E-state index in [0.717, 1.165) is 30.2 Å². The molecule has 0 bridgehead atoms. The number of nitrogens with zero attached hydrogens (tertiary/aromatic N) is 1. The van der Waals surface area contributed by atoms with Crippen LogP contribution in [0.4, 0.5) is 11.4 Å². The lowest BCUT2D eigenvalue weighted by Crippen LogP contribution is -2.38. The number of fused-ring (bicyclic) bond motifs is 1. The highest BCUT2D eigenvalue weighted by Gasteiger charge is 2.23. The fourth-order valence-corrected chi connectivity index (χ4v) is 2.92. The summed E-state index contributed by atoms with van der Waals surface area (Å²) in [5.41, 5.74) is 10.5. The minimum absolute atomic E-state index is 0.186. The van der Waals surface area contributed by atoms with E-state index in [2.05, 4.69) is 49.9 Å². The van der Waals surface area contributed by atoms with Gasteiger partial charge in [0.25, 0.3) is 0 Å². The zero-order chi connectivity index (χ0) is 15.7. The van der Waals surface area contributed by atoms with Gasteiger partial charge in [0, 0.05) is 12.2 Å². The van der Waals surface area contributed by atoms with Gasteiger partial charge in [0.05, 0.1) is 12.2 Å². The highest BCUT2D eigenvalue weighted by Crippen LogP contribution is 2.35. The van der Waals surface area contributed by atoms with E-state index in [-0.39, 0.29) is 6.10 Å². The molecule has 3 nitrogen and oxygen atoms in total. The molecule has 1 aliphatic heterocycles. The van der Waals surface area contributed by atoms with Gasteiger partial charge < -0.3 is 15.4 Å². The van der Waals surface area contributed by atoms with E-state index in [1.165, 1.54) is 11.1 Å². The van der Waals surface area contributed by atoms with Gasteiger partial charge in [-0.25, -0.2) is 0 Å². The minimum atomic E-state index is 0.186. The molecule has 0 saturated heterocycles. The summed E-state index contributed by atoms with van der Waals surface area (Å²) in [7, 11) is 0. The lowest BCUT2D eigenvalue weighted by Gasteiger charge is -2.35. The first-order valence-electron chi connectivity index (χ1n) is 7.93. The Kier molecular flexibility index (Phi) is 3.97. The van der Waals surface area contributed by atoms with Crippen molar-refractivity contribution in [3.63, 3.8) is 0 Å². The molecule has 0 spiro atoms. The van der Waals surface area contributed by atoms with E-state index in [1.807, 2.05) is 18.2 Å². The summed E-state index contributed by atoms with van der Waals surface area (Å²) >= 11 is 0. The summed E-state index contributed by atoms with van der Waals surface area (Å²) in [5.74, 6) is 1.49. The predicted molar refractivity (Wildman–Crippen MR) is 92.5 cm³/mol. The Balaban J connectivity index is 1.84. The zero-order valence-corrected chi connectivity index (χ0v) is 13.5. The van der Waals surface area contributed by atoms with E-state index >= 15 is 0 Å². The third-order valence-corrected chi connectivity index (χ3v) is 4.15. The van der Waals surface area contributed by atoms with Crippen LogP contribution in [0.2, 0.25) is 0 Å². The van der Waals surface area contributed by atoms with Gasteiger partial charge in [0.1, 0.15) is 11.9 Å². The van der Waals surface area contributed by atoms with Crippen LogP contribution in [0.25, 0.3) is 0 Å². The van der Waals surface area contributed by atoms with Crippen molar-refractivity contribution < 1.29 is 4.74 Å². The van der Waals surface area contributed by atoms with Crippen molar-refractivity contribution in [1.29, 1.82) is 0 Å². The van der Waals surface area contributed by atoms with Crippen LogP contribution in [-0.4, -0.2) is 12.6 Å². The van der Waals surface area contributed by atoms with Crippen molar-refractivity contribution in [3.05, 3.63) is 53.6 Å². The smallest absolute Gasteiger partial charge is 0.143 e. The largest absolute Gasteiger partial charge is 0.487 e. The van der Waals surface area contributed by atoms with E-state index in [0.29, 0.717) is 5.92 Å². The van der Waals surface area contributed by atoms with E-state index < -0.39 is 0 Å². The molecule has 116 valence electrons. The predicted octanol–water partition coefficient (Wildman–Crippen LogP) is 4.18. The molecule has 0 radical (unpaired) electrons.